The van der Waals surface area contributed by atoms with E-state index in [1.54, 1.807) is 18.2 Å². The van der Waals surface area contributed by atoms with Gasteiger partial charge in [0.05, 0.1) is 18.6 Å². The fourth-order valence-electron chi connectivity index (χ4n) is 2.62. The highest BCUT2D eigenvalue weighted by atomic mass is 16.5. The number of ether oxygens (including phenoxy) is 1. The molecule has 5 nitrogen and oxygen atoms in total. The van der Waals surface area contributed by atoms with Gasteiger partial charge in [-0.25, -0.2) is 0 Å². The quantitative estimate of drug-likeness (QED) is 0.881. The molecule has 1 saturated carbocycles. The summed E-state index contributed by atoms with van der Waals surface area (Å²) in [6.45, 7) is 0. The van der Waals surface area contributed by atoms with Crippen molar-refractivity contribution in [2.24, 2.45) is 11.7 Å². The summed E-state index contributed by atoms with van der Waals surface area (Å²) in [5.41, 5.74) is 6.84. The lowest BCUT2D eigenvalue weighted by atomic mass is 9.84. The van der Waals surface area contributed by atoms with E-state index < -0.39 is 0 Å². The monoisotopic (exact) mass is 273 g/mol. The molecule has 0 saturated heterocycles. The van der Waals surface area contributed by atoms with Gasteiger partial charge in [0.1, 0.15) is 17.5 Å². The molecule has 0 bridgehead atoms. The fourth-order valence-corrected chi connectivity index (χ4v) is 2.62. The van der Waals surface area contributed by atoms with E-state index in [0.29, 0.717) is 17.0 Å². The maximum absolute atomic E-state index is 12.4. The zero-order valence-corrected chi connectivity index (χ0v) is 11.6. The second-order valence-electron chi connectivity index (χ2n) is 5.04. The second-order valence-corrected chi connectivity index (χ2v) is 5.04. The van der Waals surface area contributed by atoms with E-state index in [2.05, 4.69) is 11.4 Å². The molecule has 0 aliphatic heterocycles. The SMILES string of the molecule is COc1cccc(C#N)c1NC(=O)C1CCCCC1N. The maximum Gasteiger partial charge on any atom is 0.229 e. The van der Waals surface area contributed by atoms with Crippen molar-refractivity contribution in [3.8, 4) is 11.8 Å². The number of nitrogens with zero attached hydrogens (tertiary/aromatic N) is 1. The zero-order chi connectivity index (χ0) is 14.5. The van der Waals surface area contributed by atoms with E-state index in [9.17, 15) is 4.79 Å². The molecule has 0 radical (unpaired) electrons. The average molecular weight is 273 g/mol. The number of hydrogen-bond donors (Lipinski definition) is 2. The van der Waals surface area contributed by atoms with Crippen LogP contribution in [0.15, 0.2) is 18.2 Å². The number of carbonyl (C=O) groups is 1. The van der Waals surface area contributed by atoms with Crippen LogP contribution in [0.5, 0.6) is 5.75 Å². The summed E-state index contributed by atoms with van der Waals surface area (Å²) in [6, 6.07) is 7.05. The van der Waals surface area contributed by atoms with E-state index >= 15 is 0 Å². The lowest BCUT2D eigenvalue weighted by Gasteiger charge is -2.27. The molecule has 106 valence electrons. The molecule has 1 amide bonds. The largest absolute Gasteiger partial charge is 0.495 e. The van der Waals surface area contributed by atoms with Gasteiger partial charge in [-0.1, -0.05) is 18.9 Å². The van der Waals surface area contributed by atoms with Crippen LogP contribution in [0, 0.1) is 17.2 Å². The van der Waals surface area contributed by atoms with E-state index in [-0.39, 0.29) is 17.9 Å². The van der Waals surface area contributed by atoms with Crippen molar-refractivity contribution in [2.45, 2.75) is 31.7 Å². The minimum Gasteiger partial charge on any atom is -0.495 e. The summed E-state index contributed by atoms with van der Waals surface area (Å²) in [5.74, 6) is 0.167. The standard InChI is InChI=1S/C15H19N3O2/c1-20-13-8-4-5-10(9-16)14(13)18-15(19)11-6-2-3-7-12(11)17/h4-5,8,11-12H,2-3,6-7,17H2,1H3,(H,18,19). The van der Waals surface area contributed by atoms with Crippen LogP contribution in [0.2, 0.25) is 0 Å². The number of benzene rings is 1. The summed E-state index contributed by atoms with van der Waals surface area (Å²) >= 11 is 0. The van der Waals surface area contributed by atoms with Crippen molar-refractivity contribution in [2.75, 3.05) is 12.4 Å². The summed E-state index contributed by atoms with van der Waals surface area (Å²) in [7, 11) is 1.51. The van der Waals surface area contributed by atoms with Crippen molar-refractivity contribution in [1.29, 1.82) is 5.26 Å². The van der Waals surface area contributed by atoms with Crippen LogP contribution in [0.3, 0.4) is 0 Å². The Balaban J connectivity index is 2.21. The number of nitrogens with one attached hydrogen (secondary N) is 1. The predicted molar refractivity (Wildman–Crippen MR) is 76.3 cm³/mol. The van der Waals surface area contributed by atoms with Crippen LogP contribution in [-0.4, -0.2) is 19.1 Å². The number of methoxy groups -OCH3 is 1. The Hall–Kier alpha value is -2.06. The minimum absolute atomic E-state index is 0.107. The van der Waals surface area contributed by atoms with E-state index in [4.69, 9.17) is 15.7 Å². The highest BCUT2D eigenvalue weighted by Crippen LogP contribution is 2.30. The molecule has 0 spiro atoms. The molecule has 1 aliphatic rings. The molecule has 2 rings (SSSR count). The van der Waals surface area contributed by atoms with Gasteiger partial charge in [-0.15, -0.1) is 0 Å². The van der Waals surface area contributed by atoms with Gasteiger partial charge in [-0.3, -0.25) is 4.79 Å². The highest BCUT2D eigenvalue weighted by molar-refractivity contribution is 5.95. The molecule has 1 aliphatic carbocycles. The van der Waals surface area contributed by atoms with Crippen molar-refractivity contribution >= 4 is 11.6 Å². The normalized spacial score (nSPS) is 21.9. The van der Waals surface area contributed by atoms with Gasteiger partial charge in [-0.05, 0) is 25.0 Å². The molecular weight excluding hydrogens is 254 g/mol. The van der Waals surface area contributed by atoms with Gasteiger partial charge in [0.25, 0.3) is 0 Å². The number of nitrogens with two attached hydrogens (primary N) is 1. The number of rotatable bonds is 3. The third-order valence-corrected chi connectivity index (χ3v) is 3.77. The van der Waals surface area contributed by atoms with Gasteiger partial charge in [0, 0.05) is 6.04 Å². The Morgan fingerprint density at radius 3 is 2.85 bits per heavy atom. The lowest BCUT2D eigenvalue weighted by molar-refractivity contribution is -0.121. The molecule has 20 heavy (non-hydrogen) atoms. The number of hydrogen-bond acceptors (Lipinski definition) is 4. The Bertz CT molecular complexity index is 536. The average Bonchev–Trinajstić information content (AvgIpc) is 2.47. The molecular formula is C15H19N3O2. The van der Waals surface area contributed by atoms with Crippen LogP contribution < -0.4 is 15.8 Å². The number of anilines is 1. The molecule has 5 heteroatoms. The van der Waals surface area contributed by atoms with Crippen molar-refractivity contribution in [3.05, 3.63) is 23.8 Å². The molecule has 1 fully saturated rings. The van der Waals surface area contributed by atoms with E-state index in [1.165, 1.54) is 7.11 Å². The third kappa shape index (κ3) is 2.91. The van der Waals surface area contributed by atoms with Crippen LogP contribution in [0.4, 0.5) is 5.69 Å². The summed E-state index contributed by atoms with van der Waals surface area (Å²) in [6.07, 6.45) is 3.75. The number of amides is 1. The summed E-state index contributed by atoms with van der Waals surface area (Å²) < 4.78 is 5.21. The molecule has 1 aromatic carbocycles. The zero-order valence-electron chi connectivity index (χ0n) is 11.6. The third-order valence-electron chi connectivity index (χ3n) is 3.77. The smallest absolute Gasteiger partial charge is 0.229 e. The first-order valence-corrected chi connectivity index (χ1v) is 6.81. The van der Waals surface area contributed by atoms with Crippen molar-refractivity contribution in [1.82, 2.24) is 0 Å². The molecule has 1 aromatic rings. The van der Waals surface area contributed by atoms with Crippen molar-refractivity contribution < 1.29 is 9.53 Å². The summed E-state index contributed by atoms with van der Waals surface area (Å²) in [5, 5.41) is 11.9. The minimum atomic E-state index is -0.194. The first-order valence-electron chi connectivity index (χ1n) is 6.81. The van der Waals surface area contributed by atoms with Gasteiger partial charge in [0.15, 0.2) is 0 Å². The number of para-hydroxylation sites is 1. The van der Waals surface area contributed by atoms with Crippen LogP contribution in [-0.2, 0) is 4.79 Å². The van der Waals surface area contributed by atoms with Crippen LogP contribution >= 0.6 is 0 Å². The molecule has 2 atom stereocenters. The van der Waals surface area contributed by atoms with E-state index in [0.717, 1.165) is 25.7 Å². The Morgan fingerprint density at radius 1 is 1.45 bits per heavy atom. The Labute approximate surface area is 118 Å². The maximum atomic E-state index is 12.4. The number of nitriles is 1. The van der Waals surface area contributed by atoms with Gasteiger partial charge < -0.3 is 15.8 Å². The Kier molecular flexibility index (Phi) is 4.59. The van der Waals surface area contributed by atoms with Crippen LogP contribution in [0.25, 0.3) is 0 Å². The first kappa shape index (κ1) is 14.4. The van der Waals surface area contributed by atoms with E-state index in [1.807, 2.05) is 0 Å². The first-order chi connectivity index (χ1) is 9.67. The number of carbonyl (C=O) groups excluding carboxylic acids is 1. The fraction of sp³-hybridized carbons (Fsp3) is 0.467. The molecule has 2 unspecified atom stereocenters. The summed E-state index contributed by atoms with van der Waals surface area (Å²) in [4.78, 5) is 12.4. The predicted octanol–water partition coefficient (Wildman–Crippen LogP) is 2.02. The van der Waals surface area contributed by atoms with Gasteiger partial charge in [-0.2, -0.15) is 5.26 Å². The molecule has 3 N–H and O–H groups in total. The molecule has 0 heterocycles. The Morgan fingerprint density at radius 2 is 2.20 bits per heavy atom. The molecule has 0 aromatic heterocycles. The highest BCUT2D eigenvalue weighted by Gasteiger charge is 2.29. The lowest BCUT2D eigenvalue weighted by Crippen LogP contribution is -2.40. The second kappa shape index (κ2) is 6.40. The van der Waals surface area contributed by atoms with Gasteiger partial charge in [0.2, 0.25) is 5.91 Å². The topological polar surface area (TPSA) is 88.1 Å². The van der Waals surface area contributed by atoms with Gasteiger partial charge >= 0.3 is 0 Å². The van der Waals surface area contributed by atoms with Crippen LogP contribution in [0.1, 0.15) is 31.2 Å². The van der Waals surface area contributed by atoms with Crippen molar-refractivity contribution in [3.63, 3.8) is 0 Å².